The summed E-state index contributed by atoms with van der Waals surface area (Å²) in [4.78, 5) is 26.0. The summed E-state index contributed by atoms with van der Waals surface area (Å²) in [7, 11) is 0. The Morgan fingerprint density at radius 3 is 2.48 bits per heavy atom. The lowest BCUT2D eigenvalue weighted by molar-refractivity contribution is 0.101. The summed E-state index contributed by atoms with van der Waals surface area (Å²) in [5.74, 6) is -0.504. The van der Waals surface area contributed by atoms with E-state index in [0.29, 0.717) is 41.2 Å². The van der Waals surface area contributed by atoms with Gasteiger partial charge in [0, 0.05) is 16.5 Å². The van der Waals surface area contributed by atoms with Crippen molar-refractivity contribution in [2.24, 2.45) is 0 Å². The van der Waals surface area contributed by atoms with Gasteiger partial charge in [0.05, 0.1) is 5.69 Å². The molecule has 0 saturated heterocycles. The average molecular weight is 417 g/mol. The Bertz CT molecular complexity index is 1330. The van der Waals surface area contributed by atoms with Gasteiger partial charge < -0.3 is 19.2 Å². The Kier molecular flexibility index (Phi) is 4.63. The van der Waals surface area contributed by atoms with Gasteiger partial charge in [0.15, 0.2) is 17.3 Å². The van der Waals surface area contributed by atoms with Crippen LogP contribution in [0.4, 0.5) is 10.1 Å². The Morgan fingerprint density at radius 2 is 1.65 bits per heavy atom. The lowest BCUT2D eigenvalue weighted by Gasteiger charge is -2.18. The second kappa shape index (κ2) is 7.60. The number of benzene rings is 3. The zero-order valence-corrected chi connectivity index (χ0v) is 16.2. The van der Waals surface area contributed by atoms with Gasteiger partial charge in [-0.25, -0.2) is 4.39 Å². The minimum Gasteiger partial charge on any atom is -0.486 e. The molecule has 154 valence electrons. The highest BCUT2D eigenvalue weighted by Crippen LogP contribution is 2.35. The molecule has 0 saturated carbocycles. The van der Waals surface area contributed by atoms with E-state index in [0.717, 1.165) is 6.07 Å². The number of hydrogen-bond donors (Lipinski definition) is 1. The average Bonchev–Trinajstić information content (AvgIpc) is 3.16. The van der Waals surface area contributed by atoms with E-state index in [-0.39, 0.29) is 17.0 Å². The quantitative estimate of drug-likeness (QED) is 0.482. The Morgan fingerprint density at radius 1 is 0.839 bits per heavy atom. The molecule has 2 heterocycles. The van der Waals surface area contributed by atoms with Gasteiger partial charge in [0.1, 0.15) is 24.6 Å². The molecule has 0 radical (unpaired) electrons. The summed E-state index contributed by atoms with van der Waals surface area (Å²) in [6, 6.07) is 17.1. The summed E-state index contributed by atoms with van der Waals surface area (Å²) in [6.07, 6.45) is 0. The van der Waals surface area contributed by atoms with Crippen molar-refractivity contribution in [3.8, 4) is 11.5 Å². The van der Waals surface area contributed by atoms with Crippen molar-refractivity contribution in [2.75, 3.05) is 18.5 Å². The van der Waals surface area contributed by atoms with Gasteiger partial charge in [0.25, 0.3) is 5.91 Å². The van der Waals surface area contributed by atoms with Crippen LogP contribution in [0.5, 0.6) is 11.5 Å². The van der Waals surface area contributed by atoms with Gasteiger partial charge in [0.2, 0.25) is 5.78 Å². The van der Waals surface area contributed by atoms with Gasteiger partial charge in [-0.15, -0.1) is 0 Å². The minimum absolute atomic E-state index is 0.0253. The Balaban J connectivity index is 1.56. The summed E-state index contributed by atoms with van der Waals surface area (Å²) in [5, 5.41) is 3.28. The Hall–Kier alpha value is -4.13. The van der Waals surface area contributed by atoms with Crippen LogP contribution in [0, 0.1) is 5.82 Å². The van der Waals surface area contributed by atoms with E-state index in [1.807, 2.05) is 0 Å². The Labute approximate surface area is 176 Å². The number of rotatable bonds is 4. The molecule has 3 aromatic carbocycles. The monoisotopic (exact) mass is 417 g/mol. The molecule has 1 N–H and O–H groups in total. The van der Waals surface area contributed by atoms with Crippen LogP contribution in [-0.2, 0) is 0 Å². The lowest BCUT2D eigenvalue weighted by Crippen LogP contribution is -2.16. The fourth-order valence-corrected chi connectivity index (χ4v) is 3.46. The first-order valence-corrected chi connectivity index (χ1v) is 9.63. The van der Waals surface area contributed by atoms with E-state index in [4.69, 9.17) is 13.9 Å². The number of nitrogens with one attached hydrogen (secondary N) is 1. The molecule has 0 bridgehead atoms. The number of para-hydroxylation sites is 1. The lowest BCUT2D eigenvalue weighted by atomic mass is 10.1. The highest BCUT2D eigenvalue weighted by molar-refractivity contribution is 6.19. The van der Waals surface area contributed by atoms with Crippen LogP contribution in [-0.4, -0.2) is 24.9 Å². The molecule has 1 aromatic heterocycles. The third-order valence-electron chi connectivity index (χ3n) is 4.93. The normalized spacial score (nSPS) is 12.5. The number of hydrogen-bond acceptors (Lipinski definition) is 5. The molecule has 0 aliphatic carbocycles. The fourth-order valence-electron chi connectivity index (χ4n) is 3.46. The SMILES string of the molecule is O=C(Nc1c(C(=O)c2ccc3c(c2)OCCO3)oc2ccccc12)c1cccc(F)c1. The molecule has 0 atom stereocenters. The predicted octanol–water partition coefficient (Wildman–Crippen LogP) is 4.83. The highest BCUT2D eigenvalue weighted by Gasteiger charge is 2.25. The maximum atomic E-state index is 13.6. The van der Waals surface area contributed by atoms with Gasteiger partial charge >= 0.3 is 0 Å². The number of fused-ring (bicyclic) bond motifs is 2. The van der Waals surface area contributed by atoms with Crippen molar-refractivity contribution >= 4 is 28.3 Å². The second-order valence-corrected chi connectivity index (χ2v) is 6.95. The van der Waals surface area contributed by atoms with E-state index < -0.39 is 17.5 Å². The van der Waals surface area contributed by atoms with Gasteiger partial charge in [-0.1, -0.05) is 18.2 Å². The molecule has 31 heavy (non-hydrogen) atoms. The number of carbonyl (C=O) groups excluding carboxylic acids is 2. The number of furan rings is 1. The summed E-state index contributed by atoms with van der Waals surface area (Å²) < 4.78 is 30.4. The van der Waals surface area contributed by atoms with Crippen LogP contribution in [0.2, 0.25) is 0 Å². The van der Waals surface area contributed by atoms with E-state index in [1.54, 1.807) is 42.5 Å². The maximum Gasteiger partial charge on any atom is 0.255 e. The van der Waals surface area contributed by atoms with E-state index >= 15 is 0 Å². The van der Waals surface area contributed by atoms with Crippen molar-refractivity contribution in [1.29, 1.82) is 0 Å². The van der Waals surface area contributed by atoms with Crippen molar-refractivity contribution in [3.05, 3.63) is 89.4 Å². The molecule has 7 heteroatoms. The third-order valence-corrected chi connectivity index (χ3v) is 4.93. The van der Waals surface area contributed by atoms with Crippen LogP contribution >= 0.6 is 0 Å². The number of amides is 1. The van der Waals surface area contributed by atoms with Crippen LogP contribution in [0.15, 0.2) is 71.1 Å². The van der Waals surface area contributed by atoms with Crippen molar-refractivity contribution < 1.29 is 27.9 Å². The molecule has 0 spiro atoms. The molecule has 0 fully saturated rings. The van der Waals surface area contributed by atoms with Crippen LogP contribution < -0.4 is 14.8 Å². The summed E-state index contributed by atoms with van der Waals surface area (Å²) >= 11 is 0. The second-order valence-electron chi connectivity index (χ2n) is 6.95. The number of anilines is 1. The fraction of sp³-hybridized carbons (Fsp3) is 0.0833. The van der Waals surface area contributed by atoms with Crippen molar-refractivity contribution in [3.63, 3.8) is 0 Å². The smallest absolute Gasteiger partial charge is 0.255 e. The third kappa shape index (κ3) is 3.50. The largest absolute Gasteiger partial charge is 0.486 e. The van der Waals surface area contributed by atoms with Crippen molar-refractivity contribution in [2.45, 2.75) is 0 Å². The van der Waals surface area contributed by atoms with Crippen LogP contribution in [0.1, 0.15) is 26.5 Å². The molecule has 6 nitrogen and oxygen atoms in total. The van der Waals surface area contributed by atoms with E-state index in [2.05, 4.69) is 5.32 Å². The highest BCUT2D eigenvalue weighted by atomic mass is 19.1. The zero-order chi connectivity index (χ0) is 21.4. The molecule has 5 rings (SSSR count). The molecule has 4 aromatic rings. The first-order chi connectivity index (χ1) is 15.1. The molecule has 1 amide bonds. The number of ketones is 1. The zero-order valence-electron chi connectivity index (χ0n) is 16.2. The molecular weight excluding hydrogens is 401 g/mol. The molecular formula is C24H16FNO5. The van der Waals surface area contributed by atoms with Gasteiger partial charge in [-0.05, 0) is 48.5 Å². The first kappa shape index (κ1) is 18.9. The molecule has 1 aliphatic rings. The molecule has 1 aliphatic heterocycles. The van der Waals surface area contributed by atoms with Crippen LogP contribution in [0.3, 0.4) is 0 Å². The number of ether oxygens (including phenoxy) is 2. The minimum atomic E-state index is -0.553. The van der Waals surface area contributed by atoms with Gasteiger partial charge in [-0.3, -0.25) is 9.59 Å². The summed E-state index contributed by atoms with van der Waals surface area (Å²) in [5.41, 5.74) is 1.12. The predicted molar refractivity (Wildman–Crippen MR) is 111 cm³/mol. The standard InChI is InChI=1S/C24H16FNO5/c25-16-5-3-4-15(12-16)24(28)26-21-17-6-1-2-7-18(17)31-23(21)22(27)14-8-9-19-20(13-14)30-11-10-29-19/h1-9,12-13H,10-11H2,(H,26,28). The summed E-state index contributed by atoms with van der Waals surface area (Å²) in [6.45, 7) is 0.838. The van der Waals surface area contributed by atoms with Gasteiger partial charge in [-0.2, -0.15) is 0 Å². The van der Waals surface area contributed by atoms with Crippen molar-refractivity contribution in [1.82, 2.24) is 0 Å². The number of halogens is 1. The topological polar surface area (TPSA) is 77.8 Å². The number of carbonyl (C=O) groups is 2. The van der Waals surface area contributed by atoms with E-state index in [1.165, 1.54) is 18.2 Å². The van der Waals surface area contributed by atoms with E-state index in [9.17, 15) is 14.0 Å². The first-order valence-electron chi connectivity index (χ1n) is 9.63. The maximum absolute atomic E-state index is 13.6. The van der Waals surface area contributed by atoms with Crippen LogP contribution in [0.25, 0.3) is 11.0 Å². The molecule has 0 unspecified atom stereocenters.